The zero-order valence-corrected chi connectivity index (χ0v) is 15.1. The lowest BCUT2D eigenvalue weighted by Gasteiger charge is -2.12. The fourth-order valence-electron chi connectivity index (χ4n) is 2.21. The van der Waals surface area contributed by atoms with E-state index in [4.69, 9.17) is 17.3 Å². The lowest BCUT2D eigenvalue weighted by molar-refractivity contribution is -0.114. The first-order chi connectivity index (χ1) is 12.3. The van der Waals surface area contributed by atoms with Crippen LogP contribution in [0.4, 0.5) is 11.4 Å². The molecular formula is C18H19ClN4O3. The first kappa shape index (κ1) is 19.3. The summed E-state index contributed by atoms with van der Waals surface area (Å²) in [4.78, 5) is 36.8. The molecule has 0 aliphatic heterocycles. The number of nitrogens with zero attached hydrogens (tertiary/aromatic N) is 1. The minimum Gasteiger partial charge on any atom is -0.375 e. The van der Waals surface area contributed by atoms with Crippen molar-refractivity contribution in [1.29, 1.82) is 0 Å². The maximum atomic E-state index is 12.1. The van der Waals surface area contributed by atoms with Gasteiger partial charge in [0.15, 0.2) is 0 Å². The third-order valence-electron chi connectivity index (χ3n) is 3.51. The molecule has 0 saturated carbocycles. The van der Waals surface area contributed by atoms with Gasteiger partial charge in [-0.05, 0) is 42.5 Å². The maximum Gasteiger partial charge on any atom is 0.253 e. The number of carbonyl (C=O) groups is 3. The first-order valence-electron chi connectivity index (χ1n) is 7.72. The average Bonchev–Trinajstić information content (AvgIpc) is 2.59. The number of rotatable bonds is 6. The predicted molar refractivity (Wildman–Crippen MR) is 102 cm³/mol. The van der Waals surface area contributed by atoms with Crippen molar-refractivity contribution < 1.29 is 14.4 Å². The monoisotopic (exact) mass is 374 g/mol. The molecule has 0 bridgehead atoms. The second-order valence-electron chi connectivity index (χ2n) is 5.73. The van der Waals surface area contributed by atoms with Crippen molar-refractivity contribution in [2.24, 2.45) is 5.73 Å². The SMILES string of the molecule is CN(C)C(=O)c1ccc(NC(=O)CNc2cc(Cl)ccc2C(N)=O)cc1. The van der Waals surface area contributed by atoms with Gasteiger partial charge in [-0.1, -0.05) is 11.6 Å². The molecule has 0 atom stereocenters. The van der Waals surface area contributed by atoms with Crippen LogP contribution in [0.1, 0.15) is 20.7 Å². The topological polar surface area (TPSA) is 105 Å². The molecule has 2 rings (SSSR count). The van der Waals surface area contributed by atoms with E-state index in [2.05, 4.69) is 10.6 Å². The van der Waals surface area contributed by atoms with Gasteiger partial charge in [-0.15, -0.1) is 0 Å². The normalized spacial score (nSPS) is 10.1. The minimum absolute atomic E-state index is 0.0843. The molecule has 0 spiro atoms. The largest absolute Gasteiger partial charge is 0.375 e. The molecule has 0 aliphatic rings. The minimum atomic E-state index is -0.620. The summed E-state index contributed by atoms with van der Waals surface area (Å²) < 4.78 is 0. The fraction of sp³-hybridized carbons (Fsp3) is 0.167. The number of benzene rings is 2. The molecule has 2 aromatic rings. The highest BCUT2D eigenvalue weighted by Crippen LogP contribution is 2.20. The van der Waals surface area contributed by atoms with Gasteiger partial charge in [0.1, 0.15) is 0 Å². The van der Waals surface area contributed by atoms with E-state index in [-0.39, 0.29) is 23.9 Å². The van der Waals surface area contributed by atoms with Gasteiger partial charge in [0.25, 0.3) is 11.8 Å². The Balaban J connectivity index is 1.98. The van der Waals surface area contributed by atoms with Crippen LogP contribution in [0.5, 0.6) is 0 Å². The van der Waals surface area contributed by atoms with E-state index in [0.29, 0.717) is 22.0 Å². The summed E-state index contributed by atoms with van der Waals surface area (Å²) in [6.45, 7) is -0.0843. The Morgan fingerprint density at radius 2 is 1.73 bits per heavy atom. The van der Waals surface area contributed by atoms with Gasteiger partial charge in [-0.2, -0.15) is 0 Å². The second-order valence-corrected chi connectivity index (χ2v) is 6.17. The molecule has 0 unspecified atom stereocenters. The number of primary amides is 1. The van der Waals surface area contributed by atoms with Crippen LogP contribution in [0, 0.1) is 0 Å². The number of nitrogens with one attached hydrogen (secondary N) is 2. The third-order valence-corrected chi connectivity index (χ3v) is 3.74. The van der Waals surface area contributed by atoms with E-state index in [1.165, 1.54) is 17.0 Å². The van der Waals surface area contributed by atoms with Crippen LogP contribution in [-0.4, -0.2) is 43.3 Å². The van der Waals surface area contributed by atoms with E-state index >= 15 is 0 Å². The predicted octanol–water partition coefficient (Wildman–Crippen LogP) is 2.19. The number of anilines is 2. The maximum absolute atomic E-state index is 12.1. The molecule has 136 valence electrons. The van der Waals surface area contributed by atoms with Crippen molar-refractivity contribution in [2.45, 2.75) is 0 Å². The molecule has 8 heteroatoms. The van der Waals surface area contributed by atoms with Gasteiger partial charge >= 0.3 is 0 Å². The van der Waals surface area contributed by atoms with Crippen molar-refractivity contribution in [1.82, 2.24) is 4.90 Å². The lowest BCUT2D eigenvalue weighted by Crippen LogP contribution is -2.24. The van der Waals surface area contributed by atoms with Crippen LogP contribution < -0.4 is 16.4 Å². The molecule has 0 radical (unpaired) electrons. The summed E-state index contributed by atoms with van der Waals surface area (Å²) in [5, 5.41) is 5.95. The Morgan fingerprint density at radius 1 is 1.08 bits per heavy atom. The van der Waals surface area contributed by atoms with Gasteiger partial charge in [0.05, 0.1) is 12.1 Å². The van der Waals surface area contributed by atoms with E-state index < -0.39 is 5.91 Å². The molecule has 2 aromatic carbocycles. The molecule has 0 aromatic heterocycles. The number of hydrogen-bond donors (Lipinski definition) is 3. The Morgan fingerprint density at radius 3 is 2.31 bits per heavy atom. The summed E-state index contributed by atoms with van der Waals surface area (Å²) in [7, 11) is 3.33. The third kappa shape index (κ3) is 4.97. The van der Waals surface area contributed by atoms with Crippen LogP contribution in [0.15, 0.2) is 42.5 Å². The molecule has 0 saturated heterocycles. The first-order valence-corrected chi connectivity index (χ1v) is 8.10. The smallest absolute Gasteiger partial charge is 0.253 e. The van der Waals surface area contributed by atoms with E-state index in [1.54, 1.807) is 44.4 Å². The quantitative estimate of drug-likeness (QED) is 0.720. The fourth-order valence-corrected chi connectivity index (χ4v) is 2.38. The van der Waals surface area contributed by atoms with Crippen molar-refractivity contribution in [3.05, 3.63) is 58.6 Å². The Labute approximate surface area is 156 Å². The zero-order valence-electron chi connectivity index (χ0n) is 14.4. The summed E-state index contributed by atoms with van der Waals surface area (Å²) >= 11 is 5.91. The molecule has 0 aliphatic carbocycles. The molecule has 26 heavy (non-hydrogen) atoms. The standard InChI is InChI=1S/C18H19ClN4O3/c1-23(2)18(26)11-3-6-13(7-4-11)22-16(24)10-21-15-9-12(19)5-8-14(15)17(20)25/h3-9,21H,10H2,1-2H3,(H2,20,25)(H,22,24). The van der Waals surface area contributed by atoms with E-state index in [9.17, 15) is 14.4 Å². The number of hydrogen-bond acceptors (Lipinski definition) is 4. The van der Waals surface area contributed by atoms with Crippen LogP contribution >= 0.6 is 11.6 Å². The van der Waals surface area contributed by atoms with Crippen LogP contribution in [-0.2, 0) is 4.79 Å². The van der Waals surface area contributed by atoms with E-state index in [1.807, 2.05) is 0 Å². The molecule has 7 nitrogen and oxygen atoms in total. The molecule has 4 N–H and O–H groups in total. The zero-order chi connectivity index (χ0) is 19.3. The van der Waals surface area contributed by atoms with Crippen molar-refractivity contribution in [2.75, 3.05) is 31.3 Å². The lowest BCUT2D eigenvalue weighted by atomic mass is 10.1. The van der Waals surface area contributed by atoms with Gasteiger partial charge < -0.3 is 21.3 Å². The molecule has 0 fully saturated rings. The average molecular weight is 375 g/mol. The summed E-state index contributed by atoms with van der Waals surface area (Å²) in [5.74, 6) is -1.07. The number of amides is 3. The van der Waals surface area contributed by atoms with Crippen LogP contribution in [0.3, 0.4) is 0 Å². The van der Waals surface area contributed by atoms with Crippen LogP contribution in [0.25, 0.3) is 0 Å². The highest BCUT2D eigenvalue weighted by molar-refractivity contribution is 6.31. The van der Waals surface area contributed by atoms with Crippen molar-refractivity contribution in [3.8, 4) is 0 Å². The van der Waals surface area contributed by atoms with Gasteiger partial charge in [0, 0.05) is 36.1 Å². The summed E-state index contributed by atoms with van der Waals surface area (Å²) in [6.07, 6.45) is 0. The Bertz CT molecular complexity index is 835. The van der Waals surface area contributed by atoms with Crippen LogP contribution in [0.2, 0.25) is 5.02 Å². The summed E-state index contributed by atoms with van der Waals surface area (Å²) in [6, 6.07) is 11.1. The highest BCUT2D eigenvalue weighted by Gasteiger charge is 2.11. The van der Waals surface area contributed by atoms with E-state index in [0.717, 1.165) is 0 Å². The van der Waals surface area contributed by atoms with Crippen molar-refractivity contribution in [3.63, 3.8) is 0 Å². The second kappa shape index (κ2) is 8.35. The van der Waals surface area contributed by atoms with Gasteiger partial charge in [0.2, 0.25) is 5.91 Å². The number of halogens is 1. The number of carbonyl (C=O) groups excluding carboxylic acids is 3. The highest BCUT2D eigenvalue weighted by atomic mass is 35.5. The number of nitrogens with two attached hydrogens (primary N) is 1. The van der Waals surface area contributed by atoms with Gasteiger partial charge in [-0.25, -0.2) is 0 Å². The molecular weight excluding hydrogens is 356 g/mol. The molecule has 3 amide bonds. The van der Waals surface area contributed by atoms with Crippen molar-refractivity contribution >= 4 is 40.7 Å². The summed E-state index contributed by atoms with van der Waals surface area (Å²) in [5.41, 5.74) is 7.00. The Hall–Kier alpha value is -3.06. The Kier molecular flexibility index (Phi) is 6.19. The van der Waals surface area contributed by atoms with Gasteiger partial charge in [-0.3, -0.25) is 14.4 Å². The molecule has 0 heterocycles.